The van der Waals surface area contributed by atoms with Gasteiger partial charge in [-0.05, 0) is 43.8 Å². The molecule has 4 nitrogen and oxygen atoms in total. The van der Waals surface area contributed by atoms with E-state index < -0.39 is 0 Å². The molecule has 0 bridgehead atoms. The van der Waals surface area contributed by atoms with Crippen LogP contribution in [0.5, 0.6) is 0 Å². The summed E-state index contributed by atoms with van der Waals surface area (Å²) < 4.78 is 12.7. The van der Waals surface area contributed by atoms with Crippen LogP contribution in [0.15, 0.2) is 24.3 Å². The zero-order chi connectivity index (χ0) is 14.3. The molecular formula is C13H18FN3OS. The molecule has 3 N–H and O–H groups in total. The van der Waals surface area contributed by atoms with E-state index in [9.17, 15) is 9.18 Å². The molecule has 104 valence electrons. The average Bonchev–Trinajstić information content (AvgIpc) is 2.35. The quantitative estimate of drug-likeness (QED) is 0.713. The highest BCUT2D eigenvalue weighted by Crippen LogP contribution is 2.01. The van der Waals surface area contributed by atoms with Crippen LogP contribution in [-0.2, 0) is 11.3 Å². The Labute approximate surface area is 117 Å². The van der Waals surface area contributed by atoms with Crippen molar-refractivity contribution in [3.8, 4) is 0 Å². The first kappa shape index (κ1) is 15.4. The first-order chi connectivity index (χ1) is 8.97. The van der Waals surface area contributed by atoms with Crippen molar-refractivity contribution in [2.75, 3.05) is 6.54 Å². The van der Waals surface area contributed by atoms with Crippen molar-refractivity contribution in [3.63, 3.8) is 0 Å². The largest absolute Gasteiger partial charge is 0.359 e. The molecule has 6 heteroatoms. The van der Waals surface area contributed by atoms with Crippen LogP contribution < -0.4 is 16.0 Å². The van der Waals surface area contributed by atoms with Crippen LogP contribution in [0.25, 0.3) is 0 Å². The number of hydrogen-bond donors (Lipinski definition) is 3. The second-order valence-corrected chi connectivity index (χ2v) is 4.79. The van der Waals surface area contributed by atoms with E-state index in [1.54, 1.807) is 12.1 Å². The summed E-state index contributed by atoms with van der Waals surface area (Å²) in [7, 11) is 0. The van der Waals surface area contributed by atoms with Gasteiger partial charge < -0.3 is 16.0 Å². The lowest BCUT2D eigenvalue weighted by molar-refractivity contribution is -0.120. The van der Waals surface area contributed by atoms with Crippen molar-refractivity contribution < 1.29 is 9.18 Å². The SMILES string of the molecule is CC(C)NC(=O)CNC(=S)NCc1ccc(F)cc1. The maximum absolute atomic E-state index is 12.7. The molecular weight excluding hydrogens is 265 g/mol. The molecule has 19 heavy (non-hydrogen) atoms. The van der Waals surface area contributed by atoms with Gasteiger partial charge >= 0.3 is 0 Å². The van der Waals surface area contributed by atoms with Gasteiger partial charge in [0.2, 0.25) is 5.91 Å². The third kappa shape index (κ3) is 6.71. The first-order valence-electron chi connectivity index (χ1n) is 6.03. The van der Waals surface area contributed by atoms with Gasteiger partial charge in [0.25, 0.3) is 0 Å². The van der Waals surface area contributed by atoms with Gasteiger partial charge in [-0.15, -0.1) is 0 Å². The monoisotopic (exact) mass is 283 g/mol. The number of nitrogens with one attached hydrogen (secondary N) is 3. The number of carbonyl (C=O) groups excluding carboxylic acids is 1. The molecule has 0 aromatic heterocycles. The standard InChI is InChI=1S/C13H18FN3OS/c1-9(2)17-12(18)8-16-13(19)15-7-10-3-5-11(14)6-4-10/h3-6,9H,7-8H2,1-2H3,(H,17,18)(H2,15,16,19). The minimum Gasteiger partial charge on any atom is -0.359 e. The summed E-state index contributed by atoms with van der Waals surface area (Å²) in [4.78, 5) is 11.4. The van der Waals surface area contributed by atoms with E-state index in [0.29, 0.717) is 11.7 Å². The van der Waals surface area contributed by atoms with E-state index >= 15 is 0 Å². The summed E-state index contributed by atoms with van der Waals surface area (Å²) in [5.74, 6) is -0.379. The third-order valence-electron chi connectivity index (χ3n) is 2.23. The highest BCUT2D eigenvalue weighted by Gasteiger charge is 2.03. The molecule has 0 aliphatic heterocycles. The summed E-state index contributed by atoms with van der Waals surface area (Å²) in [6.45, 7) is 4.40. The number of hydrogen-bond acceptors (Lipinski definition) is 2. The summed E-state index contributed by atoms with van der Waals surface area (Å²) in [6, 6.07) is 6.25. The van der Waals surface area contributed by atoms with Crippen molar-refractivity contribution in [2.45, 2.75) is 26.4 Å². The van der Waals surface area contributed by atoms with Crippen LogP contribution in [0.2, 0.25) is 0 Å². The molecule has 0 fully saturated rings. The van der Waals surface area contributed by atoms with E-state index in [1.165, 1.54) is 12.1 Å². The molecule has 1 aromatic rings. The van der Waals surface area contributed by atoms with E-state index in [2.05, 4.69) is 16.0 Å². The van der Waals surface area contributed by atoms with E-state index in [-0.39, 0.29) is 24.3 Å². The number of benzene rings is 1. The minimum absolute atomic E-state index is 0.107. The van der Waals surface area contributed by atoms with Crippen LogP contribution in [0.1, 0.15) is 19.4 Å². The highest BCUT2D eigenvalue weighted by atomic mass is 32.1. The Hall–Kier alpha value is -1.69. The van der Waals surface area contributed by atoms with Gasteiger partial charge in [0.15, 0.2) is 5.11 Å². The number of thiocarbonyl (C=S) groups is 1. The Balaban J connectivity index is 2.24. The lowest BCUT2D eigenvalue weighted by atomic mass is 10.2. The predicted molar refractivity (Wildman–Crippen MR) is 77.1 cm³/mol. The lowest BCUT2D eigenvalue weighted by Crippen LogP contribution is -2.43. The molecule has 0 atom stereocenters. The second kappa shape index (κ2) is 7.68. The van der Waals surface area contributed by atoms with E-state index in [1.807, 2.05) is 13.8 Å². The average molecular weight is 283 g/mol. The van der Waals surface area contributed by atoms with Gasteiger partial charge in [0.05, 0.1) is 6.54 Å². The maximum Gasteiger partial charge on any atom is 0.239 e. The third-order valence-corrected chi connectivity index (χ3v) is 2.51. The Morgan fingerprint density at radius 3 is 2.47 bits per heavy atom. The van der Waals surface area contributed by atoms with E-state index in [4.69, 9.17) is 12.2 Å². The molecule has 0 aliphatic rings. The molecule has 0 spiro atoms. The molecule has 0 heterocycles. The minimum atomic E-state index is -0.269. The van der Waals surface area contributed by atoms with Gasteiger partial charge in [-0.2, -0.15) is 0 Å². The lowest BCUT2D eigenvalue weighted by Gasteiger charge is -2.12. The summed E-state index contributed by atoms with van der Waals surface area (Å²) in [6.07, 6.45) is 0. The Morgan fingerprint density at radius 1 is 1.26 bits per heavy atom. The molecule has 0 saturated carbocycles. The van der Waals surface area contributed by atoms with Crippen molar-refractivity contribution in [1.29, 1.82) is 0 Å². The number of carbonyl (C=O) groups is 1. The molecule has 0 saturated heterocycles. The normalized spacial score (nSPS) is 10.1. The van der Waals surface area contributed by atoms with Gasteiger partial charge in [-0.3, -0.25) is 4.79 Å². The summed E-state index contributed by atoms with van der Waals surface area (Å²) in [5.41, 5.74) is 0.914. The van der Waals surface area contributed by atoms with Crippen molar-refractivity contribution in [2.24, 2.45) is 0 Å². The van der Waals surface area contributed by atoms with Gasteiger partial charge in [0.1, 0.15) is 5.82 Å². The maximum atomic E-state index is 12.7. The zero-order valence-electron chi connectivity index (χ0n) is 11.0. The number of amides is 1. The van der Waals surface area contributed by atoms with Gasteiger partial charge in [-0.1, -0.05) is 12.1 Å². The van der Waals surface area contributed by atoms with Gasteiger partial charge in [0, 0.05) is 12.6 Å². The molecule has 0 aliphatic carbocycles. The summed E-state index contributed by atoms with van der Waals surface area (Å²) in [5, 5.41) is 8.89. The highest BCUT2D eigenvalue weighted by molar-refractivity contribution is 7.80. The van der Waals surface area contributed by atoms with Crippen LogP contribution in [0.3, 0.4) is 0 Å². The van der Waals surface area contributed by atoms with Crippen LogP contribution in [0.4, 0.5) is 4.39 Å². The van der Waals surface area contributed by atoms with Crippen molar-refractivity contribution in [1.82, 2.24) is 16.0 Å². The fourth-order valence-electron chi connectivity index (χ4n) is 1.38. The Kier molecular flexibility index (Phi) is 6.21. The molecule has 1 aromatic carbocycles. The number of rotatable bonds is 5. The number of halogens is 1. The second-order valence-electron chi connectivity index (χ2n) is 4.38. The van der Waals surface area contributed by atoms with Crippen LogP contribution in [-0.4, -0.2) is 23.6 Å². The fourth-order valence-corrected chi connectivity index (χ4v) is 1.52. The molecule has 0 radical (unpaired) electrons. The predicted octanol–water partition coefficient (Wildman–Crippen LogP) is 1.31. The van der Waals surface area contributed by atoms with Crippen molar-refractivity contribution in [3.05, 3.63) is 35.6 Å². The van der Waals surface area contributed by atoms with Gasteiger partial charge in [-0.25, -0.2) is 4.39 Å². The first-order valence-corrected chi connectivity index (χ1v) is 6.43. The zero-order valence-corrected chi connectivity index (χ0v) is 11.8. The Morgan fingerprint density at radius 2 is 1.89 bits per heavy atom. The molecule has 0 unspecified atom stereocenters. The summed E-state index contributed by atoms with van der Waals surface area (Å²) >= 11 is 5.03. The van der Waals surface area contributed by atoms with Crippen molar-refractivity contribution >= 4 is 23.2 Å². The Bertz CT molecular complexity index is 434. The molecule has 1 amide bonds. The topological polar surface area (TPSA) is 53.2 Å². The molecule has 1 rings (SSSR count). The van der Waals surface area contributed by atoms with Crippen LogP contribution >= 0.6 is 12.2 Å². The smallest absolute Gasteiger partial charge is 0.239 e. The van der Waals surface area contributed by atoms with Crippen LogP contribution in [0, 0.1) is 5.82 Å². The van der Waals surface area contributed by atoms with E-state index in [0.717, 1.165) is 5.56 Å². The fraction of sp³-hybridized carbons (Fsp3) is 0.385.